The Balaban J connectivity index is 4.20. The standard InChI is InChI=1S/C12H25NO/c1-5-8-10-12(13-14-4)11(7-3)9-6-2/h11H,5-10H2,1-4H3/b13-12+. The first kappa shape index (κ1) is 13.5. The molecule has 0 spiro atoms. The van der Waals surface area contributed by atoms with Gasteiger partial charge in [0, 0.05) is 5.92 Å². The average molecular weight is 199 g/mol. The molecule has 0 aromatic carbocycles. The summed E-state index contributed by atoms with van der Waals surface area (Å²) in [5.41, 5.74) is 1.26. The number of rotatable bonds is 8. The second kappa shape index (κ2) is 9.04. The molecule has 0 aromatic heterocycles. The van der Waals surface area contributed by atoms with Crippen molar-refractivity contribution in [3.05, 3.63) is 0 Å². The molecule has 0 aliphatic carbocycles. The largest absolute Gasteiger partial charge is 0.399 e. The maximum atomic E-state index is 4.92. The third kappa shape index (κ3) is 5.25. The molecule has 0 amide bonds. The number of unbranched alkanes of at least 4 members (excludes halogenated alkanes) is 1. The summed E-state index contributed by atoms with van der Waals surface area (Å²) in [5, 5.41) is 4.17. The Morgan fingerprint density at radius 2 is 1.93 bits per heavy atom. The van der Waals surface area contributed by atoms with Crippen LogP contribution in [-0.4, -0.2) is 12.8 Å². The fourth-order valence-electron chi connectivity index (χ4n) is 1.75. The van der Waals surface area contributed by atoms with Crippen LogP contribution >= 0.6 is 0 Å². The highest BCUT2D eigenvalue weighted by Gasteiger charge is 2.13. The zero-order valence-corrected chi connectivity index (χ0v) is 10.2. The van der Waals surface area contributed by atoms with Crippen molar-refractivity contribution in [3.63, 3.8) is 0 Å². The summed E-state index contributed by atoms with van der Waals surface area (Å²) in [6, 6.07) is 0. The SMILES string of the molecule is CCCC/C(=N\OC)C(CC)CCC. The maximum absolute atomic E-state index is 4.92. The molecule has 0 rings (SSSR count). The Bertz CT molecular complexity index is 154. The van der Waals surface area contributed by atoms with Gasteiger partial charge in [0.1, 0.15) is 7.11 Å². The molecule has 0 saturated heterocycles. The van der Waals surface area contributed by atoms with Gasteiger partial charge >= 0.3 is 0 Å². The summed E-state index contributed by atoms with van der Waals surface area (Å²) in [7, 11) is 1.64. The Labute approximate surface area is 88.7 Å². The van der Waals surface area contributed by atoms with E-state index in [0.717, 1.165) is 6.42 Å². The van der Waals surface area contributed by atoms with E-state index < -0.39 is 0 Å². The number of nitrogens with zero attached hydrogens (tertiary/aromatic N) is 1. The number of hydrogen-bond acceptors (Lipinski definition) is 2. The fraction of sp³-hybridized carbons (Fsp3) is 0.917. The van der Waals surface area contributed by atoms with Crippen LogP contribution in [0.25, 0.3) is 0 Å². The van der Waals surface area contributed by atoms with Crippen molar-refractivity contribution in [2.75, 3.05) is 7.11 Å². The average Bonchev–Trinajstić information content (AvgIpc) is 2.21. The minimum atomic E-state index is 0.631. The summed E-state index contributed by atoms with van der Waals surface area (Å²) < 4.78 is 0. The molecule has 0 fully saturated rings. The molecule has 0 bridgehead atoms. The lowest BCUT2D eigenvalue weighted by atomic mass is 9.92. The molecule has 0 aromatic rings. The van der Waals surface area contributed by atoms with E-state index in [1.807, 2.05) is 0 Å². The van der Waals surface area contributed by atoms with Crippen molar-refractivity contribution >= 4 is 5.71 Å². The van der Waals surface area contributed by atoms with E-state index >= 15 is 0 Å². The fourth-order valence-corrected chi connectivity index (χ4v) is 1.75. The third-order valence-electron chi connectivity index (χ3n) is 2.60. The molecule has 0 aliphatic heterocycles. The van der Waals surface area contributed by atoms with Gasteiger partial charge in [0.05, 0.1) is 5.71 Å². The quantitative estimate of drug-likeness (QED) is 0.427. The van der Waals surface area contributed by atoms with E-state index in [0.29, 0.717) is 5.92 Å². The van der Waals surface area contributed by atoms with Crippen molar-refractivity contribution in [1.82, 2.24) is 0 Å². The summed E-state index contributed by atoms with van der Waals surface area (Å²) in [6.07, 6.45) is 7.20. The van der Waals surface area contributed by atoms with Crippen LogP contribution in [0.1, 0.15) is 59.3 Å². The minimum absolute atomic E-state index is 0.631. The maximum Gasteiger partial charge on any atom is 0.106 e. The Morgan fingerprint density at radius 1 is 1.21 bits per heavy atom. The van der Waals surface area contributed by atoms with Crippen LogP contribution in [0.4, 0.5) is 0 Å². The van der Waals surface area contributed by atoms with Crippen molar-refractivity contribution in [1.29, 1.82) is 0 Å². The third-order valence-corrected chi connectivity index (χ3v) is 2.60. The van der Waals surface area contributed by atoms with Crippen LogP contribution in [0.3, 0.4) is 0 Å². The molecule has 0 N–H and O–H groups in total. The minimum Gasteiger partial charge on any atom is -0.399 e. The lowest BCUT2D eigenvalue weighted by Crippen LogP contribution is -2.14. The first-order chi connectivity index (χ1) is 6.79. The van der Waals surface area contributed by atoms with Gasteiger partial charge in [-0.3, -0.25) is 0 Å². The molecule has 0 heterocycles. The summed E-state index contributed by atoms with van der Waals surface area (Å²) in [6.45, 7) is 6.68. The predicted molar refractivity (Wildman–Crippen MR) is 62.7 cm³/mol. The van der Waals surface area contributed by atoms with Crippen molar-refractivity contribution in [2.45, 2.75) is 59.3 Å². The number of hydrogen-bond donors (Lipinski definition) is 0. The highest BCUT2D eigenvalue weighted by atomic mass is 16.6. The smallest absolute Gasteiger partial charge is 0.106 e. The zero-order chi connectivity index (χ0) is 10.8. The van der Waals surface area contributed by atoms with Gasteiger partial charge in [-0.1, -0.05) is 38.8 Å². The molecular formula is C12H25NO. The predicted octanol–water partition coefficient (Wildman–Crippen LogP) is 4.01. The van der Waals surface area contributed by atoms with Gasteiger partial charge in [-0.2, -0.15) is 0 Å². The van der Waals surface area contributed by atoms with Gasteiger partial charge in [0.15, 0.2) is 0 Å². The first-order valence-corrected chi connectivity index (χ1v) is 5.89. The topological polar surface area (TPSA) is 21.6 Å². The van der Waals surface area contributed by atoms with Crippen LogP contribution in [0.5, 0.6) is 0 Å². The van der Waals surface area contributed by atoms with Gasteiger partial charge in [-0.25, -0.2) is 0 Å². The van der Waals surface area contributed by atoms with Crippen LogP contribution in [0.2, 0.25) is 0 Å². The normalized spacial score (nSPS) is 14.1. The van der Waals surface area contributed by atoms with Crippen LogP contribution in [0.15, 0.2) is 5.16 Å². The van der Waals surface area contributed by atoms with Gasteiger partial charge in [0.25, 0.3) is 0 Å². The van der Waals surface area contributed by atoms with E-state index in [-0.39, 0.29) is 0 Å². The van der Waals surface area contributed by atoms with Crippen molar-refractivity contribution in [2.24, 2.45) is 11.1 Å². The lowest BCUT2D eigenvalue weighted by Gasteiger charge is -2.15. The van der Waals surface area contributed by atoms with E-state index in [2.05, 4.69) is 25.9 Å². The van der Waals surface area contributed by atoms with Crippen molar-refractivity contribution < 1.29 is 4.84 Å². The molecule has 2 nitrogen and oxygen atoms in total. The van der Waals surface area contributed by atoms with Gasteiger partial charge in [0.2, 0.25) is 0 Å². The summed E-state index contributed by atoms with van der Waals surface area (Å²) in [4.78, 5) is 4.92. The Hall–Kier alpha value is -0.530. The molecular weight excluding hydrogens is 174 g/mol. The van der Waals surface area contributed by atoms with E-state index in [1.54, 1.807) is 7.11 Å². The van der Waals surface area contributed by atoms with Gasteiger partial charge in [-0.05, 0) is 25.7 Å². The highest BCUT2D eigenvalue weighted by Crippen LogP contribution is 2.17. The Kier molecular flexibility index (Phi) is 8.70. The van der Waals surface area contributed by atoms with Gasteiger partial charge < -0.3 is 4.84 Å². The van der Waals surface area contributed by atoms with E-state index in [1.165, 1.54) is 37.8 Å². The molecule has 1 unspecified atom stereocenters. The first-order valence-electron chi connectivity index (χ1n) is 5.89. The lowest BCUT2D eigenvalue weighted by molar-refractivity contribution is 0.209. The molecule has 0 saturated carbocycles. The molecule has 0 aliphatic rings. The van der Waals surface area contributed by atoms with Crippen LogP contribution in [-0.2, 0) is 4.84 Å². The second-order valence-electron chi connectivity index (χ2n) is 3.76. The molecule has 2 heteroatoms. The van der Waals surface area contributed by atoms with E-state index in [9.17, 15) is 0 Å². The second-order valence-corrected chi connectivity index (χ2v) is 3.76. The molecule has 0 radical (unpaired) electrons. The Morgan fingerprint density at radius 3 is 2.36 bits per heavy atom. The zero-order valence-electron chi connectivity index (χ0n) is 10.2. The summed E-state index contributed by atoms with van der Waals surface area (Å²) >= 11 is 0. The molecule has 14 heavy (non-hydrogen) atoms. The highest BCUT2D eigenvalue weighted by molar-refractivity contribution is 5.86. The molecule has 84 valence electrons. The summed E-state index contributed by atoms with van der Waals surface area (Å²) in [5.74, 6) is 0.631. The molecule has 1 atom stereocenters. The van der Waals surface area contributed by atoms with Crippen LogP contribution < -0.4 is 0 Å². The van der Waals surface area contributed by atoms with Crippen molar-refractivity contribution in [3.8, 4) is 0 Å². The number of oxime groups is 1. The van der Waals surface area contributed by atoms with E-state index in [4.69, 9.17) is 4.84 Å². The van der Waals surface area contributed by atoms with Crippen LogP contribution in [0, 0.1) is 5.92 Å². The van der Waals surface area contributed by atoms with Gasteiger partial charge in [-0.15, -0.1) is 0 Å². The monoisotopic (exact) mass is 199 g/mol.